The van der Waals surface area contributed by atoms with Gasteiger partial charge in [0, 0.05) is 29.1 Å². The number of methoxy groups -OCH3 is 1. The largest absolute Gasteiger partial charge is 0.493 e. The summed E-state index contributed by atoms with van der Waals surface area (Å²) in [6.07, 6.45) is 5.10. The lowest BCUT2D eigenvalue weighted by molar-refractivity contribution is 0.264. The Morgan fingerprint density at radius 1 is 0.833 bits per heavy atom. The highest BCUT2D eigenvalue weighted by molar-refractivity contribution is 5.69. The van der Waals surface area contributed by atoms with Crippen molar-refractivity contribution >= 4 is 0 Å². The predicted octanol–water partition coefficient (Wildman–Crippen LogP) is 6.13. The molecule has 2 saturated heterocycles. The third kappa shape index (κ3) is 2.92. The highest BCUT2D eigenvalue weighted by atomic mass is 16.5. The van der Waals surface area contributed by atoms with E-state index in [0.29, 0.717) is 23.9 Å². The Kier molecular flexibility index (Phi) is 4.31. The smallest absolute Gasteiger partial charge is 0.173 e. The molecule has 3 nitrogen and oxygen atoms in total. The lowest BCUT2D eigenvalue weighted by Gasteiger charge is -2.39. The predicted molar refractivity (Wildman–Crippen MR) is 119 cm³/mol. The number of hydrogen-bond donors (Lipinski definition) is 1. The van der Waals surface area contributed by atoms with Gasteiger partial charge < -0.3 is 14.8 Å². The van der Waals surface area contributed by atoms with E-state index in [-0.39, 0.29) is 0 Å². The minimum Gasteiger partial charge on any atom is -0.493 e. The first-order chi connectivity index (χ1) is 14.8. The maximum atomic E-state index is 6.51. The van der Waals surface area contributed by atoms with Gasteiger partial charge in [-0.15, -0.1) is 0 Å². The number of benzene rings is 3. The zero-order valence-electron chi connectivity index (χ0n) is 17.3. The Morgan fingerprint density at radius 3 is 2.40 bits per heavy atom. The quantitative estimate of drug-likeness (QED) is 0.577. The summed E-state index contributed by atoms with van der Waals surface area (Å²) in [5.41, 5.74) is 5.00. The van der Waals surface area contributed by atoms with Crippen molar-refractivity contribution in [3.05, 3.63) is 77.9 Å². The van der Waals surface area contributed by atoms with Gasteiger partial charge in [-0.3, -0.25) is 0 Å². The van der Waals surface area contributed by atoms with Crippen LogP contribution in [0.15, 0.2) is 66.7 Å². The van der Waals surface area contributed by atoms with Gasteiger partial charge in [0.15, 0.2) is 11.5 Å². The Balaban J connectivity index is 1.48. The Bertz CT molecular complexity index is 1070. The van der Waals surface area contributed by atoms with Crippen LogP contribution in [-0.2, 0) is 0 Å². The fourth-order valence-corrected chi connectivity index (χ4v) is 5.90. The molecule has 3 heteroatoms. The fraction of sp³-hybridized carbons (Fsp3) is 0.333. The van der Waals surface area contributed by atoms with Crippen molar-refractivity contribution in [2.45, 2.75) is 43.7 Å². The maximum absolute atomic E-state index is 6.51. The number of hydrogen-bond acceptors (Lipinski definition) is 3. The van der Waals surface area contributed by atoms with Gasteiger partial charge in [-0.1, -0.05) is 54.6 Å². The van der Waals surface area contributed by atoms with Crippen molar-refractivity contribution < 1.29 is 9.47 Å². The van der Waals surface area contributed by atoms with E-state index in [2.05, 4.69) is 66.0 Å². The van der Waals surface area contributed by atoms with Crippen molar-refractivity contribution in [1.82, 2.24) is 5.32 Å². The van der Waals surface area contributed by atoms with Crippen molar-refractivity contribution in [3.63, 3.8) is 0 Å². The van der Waals surface area contributed by atoms with E-state index in [4.69, 9.17) is 9.47 Å². The second-order valence-corrected chi connectivity index (χ2v) is 8.95. The van der Waals surface area contributed by atoms with Crippen molar-refractivity contribution in [2.24, 2.45) is 5.92 Å². The van der Waals surface area contributed by atoms with E-state index >= 15 is 0 Å². The maximum Gasteiger partial charge on any atom is 0.173 e. The van der Waals surface area contributed by atoms with Crippen LogP contribution in [0.25, 0.3) is 11.1 Å². The van der Waals surface area contributed by atoms with Gasteiger partial charge >= 0.3 is 0 Å². The fourth-order valence-electron chi connectivity index (χ4n) is 5.90. The van der Waals surface area contributed by atoms with Crippen LogP contribution < -0.4 is 14.8 Å². The SMILES string of the molecule is COc1cccc2c1Oc1cc(-c3ccccc3)ccc1C2C1CC2CCC(C1)N2. The zero-order valence-corrected chi connectivity index (χ0v) is 17.3. The molecular formula is C27H27NO2. The highest BCUT2D eigenvalue weighted by Gasteiger charge is 2.41. The second-order valence-electron chi connectivity index (χ2n) is 8.95. The molecular weight excluding hydrogens is 370 g/mol. The summed E-state index contributed by atoms with van der Waals surface area (Å²) in [7, 11) is 1.73. The molecule has 0 aromatic heterocycles. The van der Waals surface area contributed by atoms with E-state index in [1.165, 1.54) is 47.9 Å². The Morgan fingerprint density at radius 2 is 1.63 bits per heavy atom. The number of piperidine rings is 1. The second kappa shape index (κ2) is 7.17. The summed E-state index contributed by atoms with van der Waals surface area (Å²) >= 11 is 0. The standard InChI is InChI=1S/C27H27NO2/c1-29-24-9-5-8-23-26(19-14-20-11-12-21(15-19)28-20)22-13-10-18(16-25(22)30-27(23)24)17-6-3-2-4-7-17/h2-10,13,16,19-21,26,28H,11-12,14-15H2,1H3. The van der Waals surface area contributed by atoms with Crippen molar-refractivity contribution in [2.75, 3.05) is 7.11 Å². The Labute approximate surface area is 178 Å². The summed E-state index contributed by atoms with van der Waals surface area (Å²) < 4.78 is 12.2. The number of rotatable bonds is 3. The summed E-state index contributed by atoms with van der Waals surface area (Å²) in [4.78, 5) is 0. The van der Waals surface area contributed by atoms with Crippen molar-refractivity contribution in [3.8, 4) is 28.4 Å². The molecule has 3 atom stereocenters. The molecule has 1 N–H and O–H groups in total. The van der Waals surface area contributed by atoms with E-state index in [1.54, 1.807) is 7.11 Å². The van der Waals surface area contributed by atoms with Crippen LogP contribution in [0, 0.1) is 5.92 Å². The van der Waals surface area contributed by atoms with E-state index < -0.39 is 0 Å². The number of nitrogens with one attached hydrogen (secondary N) is 1. The molecule has 0 spiro atoms. The molecule has 2 bridgehead atoms. The first-order valence-corrected chi connectivity index (χ1v) is 11.1. The van der Waals surface area contributed by atoms with Gasteiger partial charge in [-0.25, -0.2) is 0 Å². The average molecular weight is 398 g/mol. The van der Waals surface area contributed by atoms with Crippen LogP contribution in [0.5, 0.6) is 17.2 Å². The lowest BCUT2D eigenvalue weighted by atomic mass is 9.73. The monoisotopic (exact) mass is 397 g/mol. The summed E-state index contributed by atoms with van der Waals surface area (Å²) in [5, 5.41) is 3.80. The van der Waals surface area contributed by atoms with E-state index in [9.17, 15) is 0 Å². The van der Waals surface area contributed by atoms with Crippen LogP contribution in [0.2, 0.25) is 0 Å². The van der Waals surface area contributed by atoms with Gasteiger partial charge in [-0.2, -0.15) is 0 Å². The van der Waals surface area contributed by atoms with E-state index in [0.717, 1.165) is 17.2 Å². The highest BCUT2D eigenvalue weighted by Crippen LogP contribution is 2.54. The minimum atomic E-state index is 0.355. The van der Waals surface area contributed by atoms with Crippen LogP contribution in [0.3, 0.4) is 0 Å². The molecule has 3 aromatic rings. The molecule has 0 saturated carbocycles. The molecule has 6 rings (SSSR count). The van der Waals surface area contributed by atoms with Gasteiger partial charge in [0.05, 0.1) is 7.11 Å². The van der Waals surface area contributed by atoms with Gasteiger partial charge in [0.2, 0.25) is 0 Å². The molecule has 0 radical (unpaired) electrons. The molecule has 0 amide bonds. The first-order valence-electron chi connectivity index (χ1n) is 11.1. The molecule has 3 unspecified atom stereocenters. The minimum absolute atomic E-state index is 0.355. The average Bonchev–Trinajstić information content (AvgIpc) is 3.14. The van der Waals surface area contributed by atoms with Crippen LogP contribution in [-0.4, -0.2) is 19.2 Å². The van der Waals surface area contributed by atoms with Crippen molar-refractivity contribution in [1.29, 1.82) is 0 Å². The first kappa shape index (κ1) is 18.0. The number of fused-ring (bicyclic) bond motifs is 4. The molecule has 3 aliphatic rings. The topological polar surface area (TPSA) is 30.5 Å². The normalized spacial score (nSPS) is 26.4. The Hall–Kier alpha value is -2.78. The number of para-hydroxylation sites is 1. The third-order valence-electron chi connectivity index (χ3n) is 7.21. The number of ether oxygens (including phenoxy) is 2. The van der Waals surface area contributed by atoms with Crippen LogP contribution >= 0.6 is 0 Å². The van der Waals surface area contributed by atoms with Gasteiger partial charge in [0.1, 0.15) is 5.75 Å². The van der Waals surface area contributed by atoms with Gasteiger partial charge in [-0.05, 0) is 54.9 Å². The lowest BCUT2D eigenvalue weighted by Crippen LogP contribution is -2.40. The van der Waals surface area contributed by atoms with Crippen LogP contribution in [0.1, 0.15) is 42.7 Å². The summed E-state index contributed by atoms with van der Waals surface area (Å²) in [5.74, 6) is 3.68. The van der Waals surface area contributed by atoms with Crippen LogP contribution in [0.4, 0.5) is 0 Å². The zero-order chi connectivity index (χ0) is 20.1. The molecule has 2 fully saturated rings. The summed E-state index contributed by atoms with van der Waals surface area (Å²) in [6, 6.07) is 25.0. The van der Waals surface area contributed by atoms with Gasteiger partial charge in [0.25, 0.3) is 0 Å². The molecule has 30 heavy (non-hydrogen) atoms. The molecule has 152 valence electrons. The molecule has 3 heterocycles. The summed E-state index contributed by atoms with van der Waals surface area (Å²) in [6.45, 7) is 0. The third-order valence-corrected chi connectivity index (χ3v) is 7.21. The van der Waals surface area contributed by atoms with E-state index in [1.807, 2.05) is 6.07 Å². The molecule has 0 aliphatic carbocycles. The molecule has 3 aliphatic heterocycles. The molecule has 3 aromatic carbocycles.